The number of hydrogen-bond acceptors (Lipinski definition) is 8. The second-order valence-corrected chi connectivity index (χ2v) is 84.3. The molecule has 0 saturated carbocycles. The molecule has 1 unspecified atom stereocenters. The van der Waals surface area contributed by atoms with Crippen LogP contribution in [0.2, 0.25) is 157 Å². The van der Waals surface area contributed by atoms with Crippen molar-refractivity contribution in [3.05, 3.63) is 387 Å². The Morgan fingerprint density at radius 3 is 0.694 bits per heavy atom. The van der Waals surface area contributed by atoms with Crippen molar-refractivity contribution in [2.45, 2.75) is 250 Å². The van der Waals surface area contributed by atoms with E-state index in [-0.39, 0.29) is 250 Å². The van der Waals surface area contributed by atoms with E-state index < -0.39 is 64.6 Å². The van der Waals surface area contributed by atoms with Crippen molar-refractivity contribution in [2.75, 3.05) is 0 Å². The summed E-state index contributed by atoms with van der Waals surface area (Å²) in [7, 11) is -11.6. The van der Waals surface area contributed by atoms with E-state index in [9.17, 15) is 0 Å². The van der Waals surface area contributed by atoms with E-state index >= 15 is 0 Å². The number of unbranched alkanes of at least 4 members (excludes halogenated alkanes) is 1. The zero-order chi connectivity index (χ0) is 129. The molecular formula is C127H158Ir4N8Si8-8. The van der Waals surface area contributed by atoms with Gasteiger partial charge in [-0.25, -0.2) is 0 Å². The van der Waals surface area contributed by atoms with Gasteiger partial charge >= 0.3 is 0 Å². The van der Waals surface area contributed by atoms with Gasteiger partial charge in [0.05, 0.1) is 64.6 Å². The number of aromatic nitrogens is 8. The Morgan fingerprint density at radius 1 is 0.238 bits per heavy atom. The first-order chi connectivity index (χ1) is 79.0. The third-order valence-electron chi connectivity index (χ3n) is 23.4. The Bertz CT molecular complexity index is 7830. The second-order valence-electron chi connectivity index (χ2n) is 43.8. The fraction of sp³-hybridized carbons (Fsp3) is 0.307. The zero-order valence-electron chi connectivity index (χ0n) is 119. The van der Waals surface area contributed by atoms with Crippen molar-refractivity contribution in [3.8, 4) is 90.1 Å². The third kappa shape index (κ3) is 41.4. The van der Waals surface area contributed by atoms with Crippen LogP contribution in [-0.4, -0.2) is 104 Å². The Labute approximate surface area is 989 Å². The summed E-state index contributed by atoms with van der Waals surface area (Å²) < 4.78 is 216. The Morgan fingerprint density at radius 2 is 0.469 bits per heavy atom. The quantitative estimate of drug-likeness (QED) is 0.0435. The van der Waals surface area contributed by atoms with E-state index in [4.69, 9.17) is 38.4 Å². The summed E-state index contributed by atoms with van der Waals surface area (Å²) in [6.45, 7) is 69.7. The largest absolute Gasteiger partial charge is 0.305 e. The van der Waals surface area contributed by atoms with Crippen LogP contribution in [0.3, 0.4) is 0 Å². The molecule has 20 heteroatoms. The molecule has 147 heavy (non-hydrogen) atoms. The summed E-state index contributed by atoms with van der Waals surface area (Å²) in [5, 5.41) is 10.3. The van der Waals surface area contributed by atoms with Gasteiger partial charge in [-0.1, -0.05) is 313 Å². The maximum Gasteiger partial charge on any atom is 0.0799 e. The number of rotatable bonds is 24. The van der Waals surface area contributed by atoms with E-state index in [0.717, 1.165) is 32.1 Å². The first-order valence-corrected chi connectivity index (χ1v) is 76.8. The van der Waals surface area contributed by atoms with E-state index in [1.807, 2.05) is 98.1 Å². The molecule has 782 valence electrons. The Kier molecular flexibility index (Phi) is 37.0. The van der Waals surface area contributed by atoms with Crippen LogP contribution >= 0.6 is 0 Å². The summed E-state index contributed by atoms with van der Waals surface area (Å²) in [5.74, 6) is 1.15. The molecule has 8 aromatic heterocycles. The van der Waals surface area contributed by atoms with Gasteiger partial charge in [-0.15, -0.1) is 286 Å². The van der Waals surface area contributed by atoms with Crippen LogP contribution in [0, 0.1) is 54.4 Å². The smallest absolute Gasteiger partial charge is 0.0799 e. The molecule has 16 rings (SSSR count). The minimum Gasteiger partial charge on any atom is -0.305 e. The predicted molar refractivity (Wildman–Crippen MR) is 642 cm³/mol. The minimum absolute atomic E-state index is 0. The molecule has 0 spiro atoms. The van der Waals surface area contributed by atoms with Crippen molar-refractivity contribution in [2.24, 2.45) is 5.92 Å². The number of nitrogens with zero attached hydrogens (tertiary/aromatic N) is 8. The molecule has 0 amide bonds. The molecule has 1 atom stereocenters. The molecule has 0 aliphatic heterocycles. The molecule has 4 radical (unpaired) electrons. The number of benzene rings is 8. The predicted octanol–water partition coefficient (Wildman–Crippen LogP) is 29.9. The topological polar surface area (TPSA) is 103 Å². The second kappa shape index (κ2) is 60.5. The summed E-state index contributed by atoms with van der Waals surface area (Å²) in [5.41, 5.74) is 13.8. The zero-order valence-corrected chi connectivity index (χ0v) is 109. The van der Waals surface area contributed by atoms with Gasteiger partial charge < -0.3 is 39.9 Å². The molecule has 8 heterocycles. The molecule has 0 saturated heterocycles. The van der Waals surface area contributed by atoms with E-state index in [1.165, 1.54) is 88.0 Å². The van der Waals surface area contributed by atoms with Crippen LogP contribution in [0.5, 0.6) is 0 Å². The first kappa shape index (κ1) is 89.9. The molecular weight excluding hydrogens is 2630 g/mol. The molecule has 0 aliphatic rings. The van der Waals surface area contributed by atoms with Crippen molar-refractivity contribution in [1.29, 1.82) is 0 Å². The molecule has 0 fully saturated rings. The van der Waals surface area contributed by atoms with Gasteiger partial charge in [0.25, 0.3) is 0 Å². The van der Waals surface area contributed by atoms with Gasteiger partial charge in [0.15, 0.2) is 0 Å². The number of pyridine rings is 8. The monoisotopic (exact) mass is 2820 g/mol. The van der Waals surface area contributed by atoms with Crippen LogP contribution in [0.25, 0.3) is 90.1 Å². The average molecular weight is 2820 g/mol. The van der Waals surface area contributed by atoms with Crippen LogP contribution in [-0.2, 0) is 93.3 Å². The minimum atomic E-state index is -1.58. The maximum atomic E-state index is 8.16. The van der Waals surface area contributed by atoms with Crippen molar-refractivity contribution < 1.29 is 119 Å². The summed E-state index contributed by atoms with van der Waals surface area (Å²) in [6.07, 6.45) is 20.2. The van der Waals surface area contributed by atoms with E-state index in [2.05, 4.69) is 318 Å². The van der Waals surface area contributed by atoms with Crippen LogP contribution in [0.4, 0.5) is 0 Å². The van der Waals surface area contributed by atoms with Crippen LogP contribution in [0.1, 0.15) is 140 Å². The van der Waals surface area contributed by atoms with E-state index in [0.29, 0.717) is 108 Å². The van der Waals surface area contributed by atoms with Crippen molar-refractivity contribution in [1.82, 2.24) is 39.9 Å². The van der Waals surface area contributed by atoms with Gasteiger partial charge in [-0.2, -0.15) is 0 Å². The fourth-order valence-electron chi connectivity index (χ4n) is 14.5. The summed E-state index contributed by atoms with van der Waals surface area (Å²) in [4.78, 5) is 35.6. The summed E-state index contributed by atoms with van der Waals surface area (Å²) in [6, 6.07) is 48.7. The van der Waals surface area contributed by atoms with Gasteiger partial charge in [-0.05, 0) is 141 Å². The van der Waals surface area contributed by atoms with Crippen LogP contribution in [0.15, 0.2) is 316 Å². The van der Waals surface area contributed by atoms with Gasteiger partial charge in [0.2, 0.25) is 0 Å². The van der Waals surface area contributed by atoms with Crippen molar-refractivity contribution in [3.63, 3.8) is 0 Å². The number of hydrogen-bond donors (Lipinski definition) is 0. The summed E-state index contributed by atoms with van der Waals surface area (Å²) >= 11 is 0. The Balaban J connectivity index is 0.000000348. The average Bonchev–Trinajstić information content (AvgIpc) is 0.771. The van der Waals surface area contributed by atoms with Gasteiger partial charge in [0, 0.05) is 152 Å². The van der Waals surface area contributed by atoms with E-state index in [1.54, 1.807) is 0 Å². The Hall–Kier alpha value is -8.71. The fourth-order valence-corrected chi connectivity index (χ4v) is 25.2. The van der Waals surface area contributed by atoms with Gasteiger partial charge in [-0.3, -0.25) is 0 Å². The standard InChI is InChI=1S/C19H26NSi.C18H24NSi.2C17H22NSi.4C14H16NSi.4Ir/c1-14(2)15(3)17-12-18(16-10-8-7-9-11-16)20-13-19(17)21(4,5)6;1-5-6-10-16-13-17(15-11-8-7-9-12-15)19-14-18(16)20(2,3)4;1-13(2)15-11-16(14-9-7-6-8-10-14)18-12-17(15)19(3,4)5;1-5-9-15-12-16(14-10-7-6-8-11-14)18-13-17(15)19(2,3)4;4*1-16(2,3)13-9-10-14(15-11-13)12-7-5-4-6-8-12;;;;/h7-10,12-15H,1-6H3;7-9,11,13-14H,5-6,10H2,1-4H3;6-9,11-13H,1-5H3;6-8,10,12-13H,5,9H2,1-4H3;4*4-7,9-11H,1-3H3;;;;/q8*-1;;;;/i7D,8D,9D,10D;7D,8D,9D,11D;6D,7D,8D,9D;6D,7D,8D,10D;4*4D,5D,6D;;;;. The molecule has 16 aromatic rings. The molecule has 0 bridgehead atoms. The number of aryl methyl sites for hydroxylation is 2. The first-order valence-electron chi connectivity index (χ1n) is 62.8. The molecule has 8 nitrogen and oxygen atoms in total. The molecule has 0 N–H and O–H groups in total. The SMILES string of the molecule is [2H]c1[c-]c(-c2cc(C(C)C(C)C)c([Si](C)(C)C)cn2)c([2H])c([2H])c1[2H].[2H]c1[c-]c(-c2cc(C(C)C)c([Si](C)(C)C)cn2)c([2H])c([2H])c1[2H].[2H]c1[c-]c(-c2cc(CCC)c([Si](C)(C)C)cn2)c([2H])c([2H])c1[2H].[2H]c1[c-]c(-c2cc(CCCC)c([Si](C)(C)C)cn2)c([2H])c([2H])c1[2H].[2H]c1[c-]c(-c2ccc([Si](C)(C)C)cn2)cc([2H])c1[2H].[2H]c1[c-]c(-c2ccc([Si](C)(C)C)cn2)cc([2H])c1[2H].[2H]c1[c-]c(-c2ccc([Si](C)(C)C)cn2)cc([2H])c1[2H].[2H]c1[c-]c(-c2ccc([Si](C)(C)C)cn2)cc([2H])c1[2H].[Ir].[Ir].[Ir].[Ir]. The maximum absolute atomic E-state index is 8.16. The molecule has 8 aromatic carbocycles. The normalized spacial score (nSPS) is 14.2. The third-order valence-corrected chi connectivity index (χ3v) is 39.7. The van der Waals surface area contributed by atoms with Gasteiger partial charge in [0.1, 0.15) is 0 Å². The van der Waals surface area contributed by atoms with Crippen molar-refractivity contribution >= 4 is 106 Å². The van der Waals surface area contributed by atoms with Crippen LogP contribution < -0.4 is 41.5 Å². The molecule has 0 aliphatic carbocycles.